The fourth-order valence-corrected chi connectivity index (χ4v) is 3.39. The summed E-state index contributed by atoms with van der Waals surface area (Å²) >= 11 is 2.21. The van der Waals surface area contributed by atoms with E-state index < -0.39 is 11.6 Å². The number of rotatable bonds is 2. The highest BCUT2D eigenvalue weighted by atomic mass is 127. The third-order valence-corrected chi connectivity index (χ3v) is 5.06. The highest BCUT2D eigenvalue weighted by Crippen LogP contribution is 2.34. The third kappa shape index (κ3) is 2.94. The number of benzene rings is 1. The van der Waals surface area contributed by atoms with Crippen molar-refractivity contribution < 1.29 is 14.4 Å². The van der Waals surface area contributed by atoms with Crippen molar-refractivity contribution in [2.24, 2.45) is 5.92 Å². The monoisotopic (exact) mass is 413 g/mol. The molecule has 0 bridgehead atoms. The van der Waals surface area contributed by atoms with Crippen molar-refractivity contribution in [2.75, 3.05) is 5.32 Å². The summed E-state index contributed by atoms with van der Waals surface area (Å²) in [5.41, 5.74) is -0.0332. The molecule has 0 aromatic heterocycles. The van der Waals surface area contributed by atoms with Gasteiger partial charge in [-0.3, -0.25) is 14.9 Å². The zero-order chi connectivity index (χ0) is 15.7. The molecule has 1 aromatic carbocycles. The number of carbonyl (C=O) groups excluding carboxylic acids is 3. The van der Waals surface area contributed by atoms with Crippen LogP contribution in [0.25, 0.3) is 0 Å². The molecule has 7 heteroatoms. The van der Waals surface area contributed by atoms with Crippen LogP contribution < -0.4 is 16.0 Å². The van der Waals surface area contributed by atoms with E-state index in [1.807, 2.05) is 24.3 Å². The van der Waals surface area contributed by atoms with Crippen LogP contribution >= 0.6 is 22.6 Å². The lowest BCUT2D eigenvalue weighted by molar-refractivity contribution is -0.128. The van der Waals surface area contributed by atoms with Crippen LogP contribution in [-0.4, -0.2) is 23.4 Å². The van der Waals surface area contributed by atoms with Gasteiger partial charge in [-0.1, -0.05) is 0 Å². The van der Waals surface area contributed by atoms with E-state index in [4.69, 9.17) is 0 Å². The van der Waals surface area contributed by atoms with Gasteiger partial charge in [0.15, 0.2) is 0 Å². The van der Waals surface area contributed by atoms with Gasteiger partial charge in [0.25, 0.3) is 5.91 Å². The smallest absolute Gasteiger partial charge is 0.322 e. The predicted molar refractivity (Wildman–Crippen MR) is 89.2 cm³/mol. The summed E-state index contributed by atoms with van der Waals surface area (Å²) in [6.45, 7) is 0. The number of hydrogen-bond acceptors (Lipinski definition) is 3. The van der Waals surface area contributed by atoms with E-state index in [0.717, 1.165) is 9.26 Å². The Morgan fingerprint density at radius 3 is 2.36 bits per heavy atom. The molecule has 2 aliphatic rings. The zero-order valence-electron chi connectivity index (χ0n) is 11.8. The average molecular weight is 413 g/mol. The summed E-state index contributed by atoms with van der Waals surface area (Å²) in [6, 6.07) is 7.17. The predicted octanol–water partition coefficient (Wildman–Crippen LogP) is 2.00. The Labute approximate surface area is 141 Å². The van der Waals surface area contributed by atoms with Gasteiger partial charge in [0.2, 0.25) is 5.91 Å². The molecular weight excluding hydrogens is 397 g/mol. The molecule has 0 unspecified atom stereocenters. The molecule has 0 atom stereocenters. The minimum Gasteiger partial charge on any atom is -0.326 e. The van der Waals surface area contributed by atoms with Crippen LogP contribution in [0.2, 0.25) is 0 Å². The van der Waals surface area contributed by atoms with Gasteiger partial charge in [-0.05, 0) is 72.5 Å². The van der Waals surface area contributed by atoms with Crippen LogP contribution in [0, 0.1) is 9.49 Å². The maximum absolute atomic E-state index is 12.3. The standard InChI is InChI=1S/C15H16IN3O3/c16-10-1-3-11(4-2-10)17-12(20)9-5-7-15(8-6-9)13(21)18-14(22)19-15/h1-4,9H,5-8H2,(H,17,20)(H2,18,19,21,22). The Balaban J connectivity index is 1.59. The van der Waals surface area contributed by atoms with Crippen molar-refractivity contribution in [3.8, 4) is 0 Å². The molecule has 2 fully saturated rings. The second-order valence-electron chi connectivity index (χ2n) is 5.76. The second-order valence-corrected chi connectivity index (χ2v) is 7.01. The van der Waals surface area contributed by atoms with E-state index in [1.165, 1.54) is 0 Å². The molecule has 0 radical (unpaired) electrons. The molecule has 6 nitrogen and oxygen atoms in total. The van der Waals surface area contributed by atoms with Gasteiger partial charge >= 0.3 is 6.03 Å². The fraction of sp³-hybridized carbons (Fsp3) is 0.400. The Morgan fingerprint density at radius 1 is 1.18 bits per heavy atom. The Hall–Kier alpha value is -1.64. The van der Waals surface area contributed by atoms with Crippen molar-refractivity contribution >= 4 is 46.1 Å². The first-order chi connectivity index (χ1) is 10.5. The summed E-state index contributed by atoms with van der Waals surface area (Å²) in [5.74, 6) is -0.426. The molecular formula is C15H16IN3O3. The number of anilines is 1. The Kier molecular flexibility index (Phi) is 4.07. The lowest BCUT2D eigenvalue weighted by Crippen LogP contribution is -2.50. The largest absolute Gasteiger partial charge is 0.326 e. The molecule has 22 heavy (non-hydrogen) atoms. The summed E-state index contributed by atoms with van der Waals surface area (Å²) < 4.78 is 1.11. The molecule has 116 valence electrons. The van der Waals surface area contributed by atoms with Crippen LogP contribution in [-0.2, 0) is 9.59 Å². The quantitative estimate of drug-likeness (QED) is 0.512. The van der Waals surface area contributed by atoms with E-state index in [-0.39, 0.29) is 17.7 Å². The van der Waals surface area contributed by atoms with E-state index in [2.05, 4.69) is 38.5 Å². The number of carbonyl (C=O) groups is 3. The first kappa shape index (κ1) is 15.3. The van der Waals surface area contributed by atoms with Crippen molar-refractivity contribution in [2.45, 2.75) is 31.2 Å². The van der Waals surface area contributed by atoms with Crippen molar-refractivity contribution in [1.29, 1.82) is 0 Å². The highest BCUT2D eigenvalue weighted by molar-refractivity contribution is 14.1. The lowest BCUT2D eigenvalue weighted by Gasteiger charge is -2.33. The molecule has 1 spiro atoms. The van der Waals surface area contributed by atoms with E-state index >= 15 is 0 Å². The minimum atomic E-state index is -0.809. The summed E-state index contributed by atoms with van der Waals surface area (Å²) in [4.78, 5) is 35.5. The molecule has 1 saturated heterocycles. The molecule has 3 rings (SSSR count). The van der Waals surface area contributed by atoms with Gasteiger partial charge in [-0.15, -0.1) is 0 Å². The number of imide groups is 1. The molecule has 1 saturated carbocycles. The molecule has 3 N–H and O–H groups in total. The first-order valence-corrected chi connectivity index (χ1v) is 8.26. The molecule has 1 aliphatic heterocycles. The van der Waals surface area contributed by atoms with Gasteiger partial charge in [-0.25, -0.2) is 4.79 Å². The molecule has 1 aliphatic carbocycles. The molecule has 1 heterocycles. The number of urea groups is 1. The van der Waals surface area contributed by atoms with Crippen LogP contribution in [0.1, 0.15) is 25.7 Å². The maximum atomic E-state index is 12.3. The van der Waals surface area contributed by atoms with Gasteiger partial charge in [0.1, 0.15) is 5.54 Å². The van der Waals surface area contributed by atoms with E-state index in [0.29, 0.717) is 25.7 Å². The van der Waals surface area contributed by atoms with Gasteiger partial charge in [0.05, 0.1) is 0 Å². The summed E-state index contributed by atoms with van der Waals surface area (Å²) in [5, 5.41) is 7.89. The molecule has 4 amide bonds. The number of hydrogen-bond donors (Lipinski definition) is 3. The van der Waals surface area contributed by atoms with Gasteiger partial charge < -0.3 is 10.6 Å². The number of amides is 4. The Morgan fingerprint density at radius 2 is 1.82 bits per heavy atom. The number of halogens is 1. The summed E-state index contributed by atoms with van der Waals surface area (Å²) in [7, 11) is 0. The van der Waals surface area contributed by atoms with E-state index in [1.54, 1.807) is 0 Å². The van der Waals surface area contributed by atoms with Crippen LogP contribution in [0.3, 0.4) is 0 Å². The normalized spacial score (nSPS) is 27.4. The van der Waals surface area contributed by atoms with Crippen molar-refractivity contribution in [3.05, 3.63) is 27.8 Å². The van der Waals surface area contributed by atoms with Gasteiger partial charge in [0, 0.05) is 15.2 Å². The average Bonchev–Trinajstić information content (AvgIpc) is 2.76. The third-order valence-electron chi connectivity index (χ3n) is 4.34. The summed E-state index contributed by atoms with van der Waals surface area (Å²) in [6.07, 6.45) is 2.17. The second kappa shape index (κ2) is 5.86. The highest BCUT2D eigenvalue weighted by Gasteiger charge is 2.48. The fourth-order valence-electron chi connectivity index (χ4n) is 3.03. The SMILES string of the molecule is O=C1NC(=O)C2(CCC(C(=O)Nc3ccc(I)cc3)CC2)N1. The van der Waals surface area contributed by atoms with Crippen LogP contribution in [0.5, 0.6) is 0 Å². The van der Waals surface area contributed by atoms with Crippen molar-refractivity contribution in [3.63, 3.8) is 0 Å². The minimum absolute atomic E-state index is 0.0270. The number of nitrogens with one attached hydrogen (secondary N) is 3. The van der Waals surface area contributed by atoms with Crippen molar-refractivity contribution in [1.82, 2.24) is 10.6 Å². The molecule has 1 aromatic rings. The Bertz CT molecular complexity index is 621. The first-order valence-electron chi connectivity index (χ1n) is 7.19. The zero-order valence-corrected chi connectivity index (χ0v) is 14.0. The van der Waals surface area contributed by atoms with Crippen LogP contribution in [0.15, 0.2) is 24.3 Å². The lowest BCUT2D eigenvalue weighted by atomic mass is 9.76. The van der Waals surface area contributed by atoms with E-state index in [9.17, 15) is 14.4 Å². The topological polar surface area (TPSA) is 87.3 Å². The maximum Gasteiger partial charge on any atom is 0.322 e. The van der Waals surface area contributed by atoms with Crippen LogP contribution in [0.4, 0.5) is 10.5 Å². The van der Waals surface area contributed by atoms with Gasteiger partial charge in [-0.2, -0.15) is 0 Å².